The fourth-order valence-electron chi connectivity index (χ4n) is 8.85. The molecule has 4 aliphatic carbocycles. The van der Waals surface area contributed by atoms with Crippen molar-refractivity contribution in [3.8, 4) is 0 Å². The Kier molecular flexibility index (Phi) is 5.06. The Morgan fingerprint density at radius 1 is 0.938 bits per heavy atom. The fourth-order valence-corrected chi connectivity index (χ4v) is 8.85. The Morgan fingerprint density at radius 3 is 2.59 bits per heavy atom. The lowest BCUT2D eigenvalue weighted by atomic mass is 9.47. The molecule has 1 aromatic carbocycles. The Bertz CT molecular complexity index is 922. The second-order valence-electron chi connectivity index (χ2n) is 11.9. The maximum Gasteiger partial charge on any atom is 0.216 e. The number of ether oxygens (including phenoxy) is 1. The first-order valence-corrected chi connectivity index (χ1v) is 13.1. The van der Waals surface area contributed by atoms with Gasteiger partial charge in [0.05, 0.1) is 6.10 Å². The van der Waals surface area contributed by atoms with E-state index in [0.717, 1.165) is 55.0 Å². The van der Waals surface area contributed by atoms with E-state index in [4.69, 9.17) is 9.73 Å². The van der Waals surface area contributed by atoms with Crippen molar-refractivity contribution >= 4 is 5.90 Å². The summed E-state index contributed by atoms with van der Waals surface area (Å²) in [6.45, 7) is 6.03. The highest BCUT2D eigenvalue weighted by atomic mass is 16.5. The third kappa shape index (κ3) is 3.14. The summed E-state index contributed by atoms with van der Waals surface area (Å²) in [5.41, 5.74) is 3.42. The zero-order chi connectivity index (χ0) is 21.9. The second kappa shape index (κ2) is 7.72. The second-order valence-corrected chi connectivity index (χ2v) is 11.9. The largest absolute Gasteiger partial charge is 0.474 e. The molecule has 0 saturated heterocycles. The molecule has 0 amide bonds. The van der Waals surface area contributed by atoms with E-state index < -0.39 is 0 Å². The van der Waals surface area contributed by atoms with Crippen molar-refractivity contribution in [1.82, 2.24) is 0 Å². The van der Waals surface area contributed by atoms with Gasteiger partial charge in [0.2, 0.25) is 5.90 Å². The SMILES string of the molecule is C[C@]12CC[C@H]3[C@@H](CC=C4C[C@@H](O)CC[C@@]43C)[C@@H]1CC[C@@H]2C1CCN=C(c2ccccc2)O1. The van der Waals surface area contributed by atoms with Gasteiger partial charge in [-0.05, 0) is 92.1 Å². The Hall–Kier alpha value is -1.61. The van der Waals surface area contributed by atoms with E-state index in [9.17, 15) is 5.11 Å². The molecule has 3 fully saturated rings. The summed E-state index contributed by atoms with van der Waals surface area (Å²) in [7, 11) is 0. The highest BCUT2D eigenvalue weighted by Crippen LogP contribution is 2.67. The summed E-state index contributed by atoms with van der Waals surface area (Å²) >= 11 is 0. The minimum absolute atomic E-state index is 0.112. The van der Waals surface area contributed by atoms with Gasteiger partial charge in [-0.15, -0.1) is 0 Å². The van der Waals surface area contributed by atoms with Crippen LogP contribution in [0.4, 0.5) is 0 Å². The molecule has 172 valence electrons. The van der Waals surface area contributed by atoms with Crippen LogP contribution in [0.25, 0.3) is 0 Å². The first kappa shape index (κ1) is 21.0. The zero-order valence-corrected chi connectivity index (χ0v) is 19.8. The number of hydrogen-bond acceptors (Lipinski definition) is 3. The molecule has 6 rings (SSSR count). The van der Waals surface area contributed by atoms with Crippen LogP contribution in [-0.4, -0.2) is 29.8 Å². The average molecular weight is 434 g/mol. The molecule has 0 spiro atoms. The van der Waals surface area contributed by atoms with Crippen molar-refractivity contribution in [3.63, 3.8) is 0 Å². The van der Waals surface area contributed by atoms with E-state index >= 15 is 0 Å². The molecule has 0 bridgehead atoms. The molecule has 32 heavy (non-hydrogen) atoms. The van der Waals surface area contributed by atoms with Crippen LogP contribution in [0.5, 0.6) is 0 Å². The topological polar surface area (TPSA) is 41.8 Å². The maximum absolute atomic E-state index is 10.3. The van der Waals surface area contributed by atoms with Gasteiger partial charge in [0, 0.05) is 24.4 Å². The summed E-state index contributed by atoms with van der Waals surface area (Å²) < 4.78 is 6.63. The molecule has 1 N–H and O–H groups in total. The number of fused-ring (bicyclic) bond motifs is 5. The van der Waals surface area contributed by atoms with Crippen molar-refractivity contribution in [2.24, 2.45) is 39.5 Å². The molecule has 3 heteroatoms. The Labute approximate surface area is 193 Å². The van der Waals surface area contributed by atoms with Gasteiger partial charge < -0.3 is 9.84 Å². The fraction of sp³-hybridized carbons (Fsp3) is 0.690. The van der Waals surface area contributed by atoms with E-state index in [0.29, 0.717) is 22.9 Å². The molecule has 1 aliphatic heterocycles. The Balaban J connectivity index is 1.23. The van der Waals surface area contributed by atoms with Gasteiger partial charge in [0.1, 0.15) is 6.10 Å². The molecule has 0 radical (unpaired) electrons. The van der Waals surface area contributed by atoms with Crippen LogP contribution < -0.4 is 0 Å². The van der Waals surface area contributed by atoms with Gasteiger partial charge in [-0.2, -0.15) is 0 Å². The molecular weight excluding hydrogens is 394 g/mol. The highest BCUT2D eigenvalue weighted by Gasteiger charge is 2.60. The van der Waals surface area contributed by atoms with Crippen molar-refractivity contribution in [3.05, 3.63) is 47.5 Å². The lowest BCUT2D eigenvalue weighted by Crippen LogP contribution is -2.51. The van der Waals surface area contributed by atoms with Crippen LogP contribution in [0.1, 0.15) is 77.2 Å². The predicted molar refractivity (Wildman–Crippen MR) is 129 cm³/mol. The number of nitrogens with zero attached hydrogens (tertiary/aromatic N) is 1. The number of hydrogen-bond donors (Lipinski definition) is 1. The van der Waals surface area contributed by atoms with E-state index in [-0.39, 0.29) is 6.10 Å². The first-order chi connectivity index (χ1) is 15.5. The first-order valence-electron chi connectivity index (χ1n) is 13.1. The maximum atomic E-state index is 10.3. The molecule has 8 atom stereocenters. The molecule has 1 heterocycles. The monoisotopic (exact) mass is 433 g/mol. The molecule has 0 aromatic heterocycles. The van der Waals surface area contributed by atoms with Crippen molar-refractivity contribution in [2.75, 3.05) is 6.54 Å². The standard InChI is InChI=1S/C29H39NO2/c1-28-15-12-21(31)18-20(28)8-9-22-23-10-11-25(29(23,2)16-13-24(22)28)26-14-17-30-27(32-26)19-6-4-3-5-7-19/h3-8,21-26,31H,9-18H2,1-2H3/t21-,22-,23-,24-,25+,26?,28-,29-/m0/s1. The van der Waals surface area contributed by atoms with Crippen molar-refractivity contribution in [1.29, 1.82) is 0 Å². The third-order valence-electron chi connectivity index (χ3n) is 10.6. The summed E-state index contributed by atoms with van der Waals surface area (Å²) in [6, 6.07) is 10.5. The van der Waals surface area contributed by atoms with Crippen LogP contribution in [0.3, 0.4) is 0 Å². The Morgan fingerprint density at radius 2 is 1.75 bits per heavy atom. The van der Waals surface area contributed by atoms with Crippen LogP contribution in [0, 0.1) is 34.5 Å². The zero-order valence-electron chi connectivity index (χ0n) is 19.8. The van der Waals surface area contributed by atoms with Gasteiger partial charge in [-0.25, -0.2) is 0 Å². The van der Waals surface area contributed by atoms with Gasteiger partial charge >= 0.3 is 0 Å². The van der Waals surface area contributed by atoms with Crippen LogP contribution in [0.2, 0.25) is 0 Å². The lowest BCUT2D eigenvalue weighted by molar-refractivity contribution is -0.0698. The van der Waals surface area contributed by atoms with Crippen molar-refractivity contribution in [2.45, 2.75) is 83.8 Å². The summed E-state index contributed by atoms with van der Waals surface area (Å²) in [6.07, 6.45) is 13.5. The number of aliphatic imine (C=N–C) groups is 1. The van der Waals surface area contributed by atoms with Crippen LogP contribution >= 0.6 is 0 Å². The number of aliphatic hydroxyl groups excluding tert-OH is 1. The minimum atomic E-state index is -0.112. The van der Waals surface area contributed by atoms with Crippen LogP contribution in [-0.2, 0) is 4.74 Å². The number of allylic oxidation sites excluding steroid dienone is 1. The smallest absolute Gasteiger partial charge is 0.216 e. The van der Waals surface area contributed by atoms with Gasteiger partial charge in [-0.3, -0.25) is 4.99 Å². The molecule has 1 aromatic rings. The van der Waals surface area contributed by atoms with E-state index in [1.807, 2.05) is 0 Å². The third-order valence-corrected chi connectivity index (χ3v) is 10.6. The molecule has 3 nitrogen and oxygen atoms in total. The summed E-state index contributed by atoms with van der Waals surface area (Å²) in [4.78, 5) is 4.74. The molecule has 1 unspecified atom stereocenters. The summed E-state index contributed by atoms with van der Waals surface area (Å²) in [5.74, 6) is 3.94. The molecular formula is C29H39NO2. The average Bonchev–Trinajstić information content (AvgIpc) is 3.17. The van der Waals surface area contributed by atoms with E-state index in [1.54, 1.807) is 5.57 Å². The number of aliphatic hydroxyl groups is 1. The normalized spacial score (nSPS) is 45.6. The molecule has 5 aliphatic rings. The molecule has 3 saturated carbocycles. The minimum Gasteiger partial charge on any atom is -0.474 e. The van der Waals surface area contributed by atoms with Crippen molar-refractivity contribution < 1.29 is 9.84 Å². The van der Waals surface area contributed by atoms with Gasteiger partial charge in [0.25, 0.3) is 0 Å². The quantitative estimate of drug-likeness (QED) is 0.567. The van der Waals surface area contributed by atoms with Gasteiger partial charge in [0.15, 0.2) is 0 Å². The number of benzene rings is 1. The highest BCUT2D eigenvalue weighted by molar-refractivity contribution is 5.94. The predicted octanol–water partition coefficient (Wildman–Crippen LogP) is 6.16. The lowest BCUT2D eigenvalue weighted by Gasteiger charge is -2.58. The summed E-state index contributed by atoms with van der Waals surface area (Å²) in [5, 5.41) is 10.3. The van der Waals surface area contributed by atoms with Gasteiger partial charge in [-0.1, -0.05) is 43.7 Å². The van der Waals surface area contributed by atoms with E-state index in [2.05, 4.69) is 50.3 Å². The van der Waals surface area contributed by atoms with Crippen LogP contribution in [0.15, 0.2) is 47.0 Å². The number of rotatable bonds is 2. The van der Waals surface area contributed by atoms with E-state index in [1.165, 1.54) is 38.5 Å².